The molecule has 0 heterocycles. The normalized spacial score (nSPS) is 11.6. The van der Waals surface area contributed by atoms with Crippen LogP contribution in [0.4, 0.5) is 5.69 Å². The van der Waals surface area contributed by atoms with Crippen LogP contribution in [-0.4, -0.2) is 20.0 Å². The standard InChI is InChI=1S/C18H21NO3/c1-13(20)11-18(14-5-4-6-17(12-14)22-3)19-15-7-9-16(21-2)10-8-15/h4-10,12,18-19H,11H2,1-3H3/t18-/m0/s1. The van der Waals surface area contributed by atoms with Crippen molar-refractivity contribution < 1.29 is 14.3 Å². The zero-order valence-corrected chi connectivity index (χ0v) is 13.1. The lowest BCUT2D eigenvalue weighted by molar-refractivity contribution is -0.117. The number of hydrogen-bond donors (Lipinski definition) is 1. The lowest BCUT2D eigenvalue weighted by atomic mass is 10.0. The first kappa shape index (κ1) is 15.9. The molecule has 0 aliphatic rings. The summed E-state index contributed by atoms with van der Waals surface area (Å²) in [6.07, 6.45) is 0.416. The average molecular weight is 299 g/mol. The molecule has 1 atom stereocenters. The summed E-state index contributed by atoms with van der Waals surface area (Å²) in [4.78, 5) is 11.6. The van der Waals surface area contributed by atoms with Crippen LogP contribution in [0.15, 0.2) is 48.5 Å². The number of hydrogen-bond acceptors (Lipinski definition) is 4. The smallest absolute Gasteiger partial charge is 0.132 e. The molecule has 2 aromatic rings. The Morgan fingerprint density at radius 1 is 1.05 bits per heavy atom. The molecule has 1 N–H and O–H groups in total. The van der Waals surface area contributed by atoms with Crippen LogP contribution >= 0.6 is 0 Å². The van der Waals surface area contributed by atoms with Crippen molar-refractivity contribution in [2.45, 2.75) is 19.4 Å². The number of carbonyl (C=O) groups excluding carboxylic acids is 1. The van der Waals surface area contributed by atoms with Gasteiger partial charge in [0.05, 0.1) is 20.3 Å². The first-order valence-corrected chi connectivity index (χ1v) is 7.16. The highest BCUT2D eigenvalue weighted by molar-refractivity contribution is 5.77. The van der Waals surface area contributed by atoms with Gasteiger partial charge in [0.2, 0.25) is 0 Å². The highest BCUT2D eigenvalue weighted by Crippen LogP contribution is 2.26. The van der Waals surface area contributed by atoms with E-state index in [-0.39, 0.29) is 11.8 Å². The number of rotatable bonds is 7. The number of anilines is 1. The summed E-state index contributed by atoms with van der Waals surface area (Å²) in [6, 6.07) is 15.3. The molecule has 0 spiro atoms. The van der Waals surface area contributed by atoms with E-state index in [1.54, 1.807) is 21.1 Å². The van der Waals surface area contributed by atoms with Gasteiger partial charge in [-0.3, -0.25) is 4.79 Å². The summed E-state index contributed by atoms with van der Waals surface area (Å²) in [7, 11) is 3.27. The number of carbonyl (C=O) groups is 1. The second-order valence-electron chi connectivity index (χ2n) is 5.11. The van der Waals surface area contributed by atoms with Crippen molar-refractivity contribution in [3.63, 3.8) is 0 Å². The molecule has 22 heavy (non-hydrogen) atoms. The molecule has 0 unspecified atom stereocenters. The van der Waals surface area contributed by atoms with E-state index in [0.29, 0.717) is 6.42 Å². The van der Waals surface area contributed by atoms with Crippen LogP contribution in [-0.2, 0) is 4.79 Å². The summed E-state index contributed by atoms with van der Waals surface area (Å²) < 4.78 is 10.4. The number of Topliss-reactive ketones (excluding diaryl/α,β-unsaturated/α-hetero) is 1. The second-order valence-corrected chi connectivity index (χ2v) is 5.11. The minimum atomic E-state index is -0.0963. The second kappa shape index (κ2) is 7.50. The molecule has 0 radical (unpaired) electrons. The van der Waals surface area contributed by atoms with Gasteiger partial charge in [-0.25, -0.2) is 0 Å². The van der Waals surface area contributed by atoms with Crippen molar-refractivity contribution in [1.29, 1.82) is 0 Å². The Morgan fingerprint density at radius 3 is 2.32 bits per heavy atom. The molecule has 0 saturated heterocycles. The van der Waals surface area contributed by atoms with E-state index in [1.807, 2.05) is 48.5 Å². The number of benzene rings is 2. The molecule has 0 amide bonds. The van der Waals surface area contributed by atoms with Crippen molar-refractivity contribution in [3.05, 3.63) is 54.1 Å². The van der Waals surface area contributed by atoms with Gasteiger partial charge in [0.1, 0.15) is 17.3 Å². The summed E-state index contributed by atoms with van der Waals surface area (Å²) >= 11 is 0. The fourth-order valence-corrected chi connectivity index (χ4v) is 2.29. The van der Waals surface area contributed by atoms with E-state index in [9.17, 15) is 4.79 Å². The Morgan fingerprint density at radius 2 is 1.73 bits per heavy atom. The number of ketones is 1. The number of nitrogens with one attached hydrogen (secondary N) is 1. The summed E-state index contributed by atoms with van der Waals surface area (Å²) in [5.41, 5.74) is 1.96. The first-order chi connectivity index (χ1) is 10.6. The Labute approximate surface area is 131 Å². The van der Waals surface area contributed by atoms with Gasteiger partial charge >= 0.3 is 0 Å². The molecule has 2 rings (SSSR count). The summed E-state index contributed by atoms with van der Waals surface area (Å²) in [5.74, 6) is 1.71. The quantitative estimate of drug-likeness (QED) is 0.844. The van der Waals surface area contributed by atoms with Gasteiger partial charge in [-0.15, -0.1) is 0 Å². The van der Waals surface area contributed by atoms with Crippen LogP contribution in [0, 0.1) is 0 Å². The highest BCUT2D eigenvalue weighted by atomic mass is 16.5. The molecule has 2 aromatic carbocycles. The molecule has 0 aliphatic carbocycles. The van der Waals surface area contributed by atoms with Gasteiger partial charge in [0.25, 0.3) is 0 Å². The average Bonchev–Trinajstić information content (AvgIpc) is 2.54. The van der Waals surface area contributed by atoms with Gasteiger partial charge in [-0.1, -0.05) is 12.1 Å². The Kier molecular flexibility index (Phi) is 5.42. The minimum absolute atomic E-state index is 0.0963. The van der Waals surface area contributed by atoms with Crippen LogP contribution in [0.2, 0.25) is 0 Å². The monoisotopic (exact) mass is 299 g/mol. The van der Waals surface area contributed by atoms with Gasteiger partial charge in [-0.05, 0) is 48.9 Å². The topological polar surface area (TPSA) is 47.6 Å². The van der Waals surface area contributed by atoms with Crippen molar-refractivity contribution in [3.8, 4) is 11.5 Å². The lowest BCUT2D eigenvalue weighted by Gasteiger charge is -2.20. The van der Waals surface area contributed by atoms with Crippen molar-refractivity contribution in [2.24, 2.45) is 0 Å². The molecule has 4 nitrogen and oxygen atoms in total. The molecule has 0 fully saturated rings. The van der Waals surface area contributed by atoms with Crippen LogP contribution in [0.1, 0.15) is 24.9 Å². The zero-order chi connectivity index (χ0) is 15.9. The molecule has 0 bridgehead atoms. The van der Waals surface area contributed by atoms with Gasteiger partial charge in [-0.2, -0.15) is 0 Å². The van der Waals surface area contributed by atoms with Crippen molar-refractivity contribution in [2.75, 3.05) is 19.5 Å². The maximum absolute atomic E-state index is 11.6. The predicted molar refractivity (Wildman–Crippen MR) is 87.6 cm³/mol. The predicted octanol–water partition coefficient (Wildman–Crippen LogP) is 3.84. The van der Waals surface area contributed by atoms with Crippen LogP contribution in [0.25, 0.3) is 0 Å². The summed E-state index contributed by atoms with van der Waals surface area (Å²) in [5, 5.41) is 3.40. The largest absolute Gasteiger partial charge is 0.497 e. The van der Waals surface area contributed by atoms with E-state index in [1.165, 1.54) is 0 Å². The number of methoxy groups -OCH3 is 2. The fourth-order valence-electron chi connectivity index (χ4n) is 2.29. The highest BCUT2D eigenvalue weighted by Gasteiger charge is 2.14. The molecule has 0 aromatic heterocycles. The molecule has 0 saturated carbocycles. The zero-order valence-electron chi connectivity index (χ0n) is 13.1. The third-order valence-electron chi connectivity index (χ3n) is 3.42. The van der Waals surface area contributed by atoms with E-state index in [2.05, 4.69) is 5.32 Å². The molecular weight excluding hydrogens is 278 g/mol. The molecular formula is C18H21NO3. The van der Waals surface area contributed by atoms with Gasteiger partial charge in [0.15, 0.2) is 0 Å². The van der Waals surface area contributed by atoms with Crippen LogP contribution in [0.5, 0.6) is 11.5 Å². The van der Waals surface area contributed by atoms with Crippen molar-refractivity contribution in [1.82, 2.24) is 0 Å². The minimum Gasteiger partial charge on any atom is -0.497 e. The van der Waals surface area contributed by atoms with Crippen LogP contribution in [0.3, 0.4) is 0 Å². The van der Waals surface area contributed by atoms with Crippen molar-refractivity contribution >= 4 is 11.5 Å². The van der Waals surface area contributed by atoms with E-state index < -0.39 is 0 Å². The van der Waals surface area contributed by atoms with E-state index >= 15 is 0 Å². The maximum atomic E-state index is 11.6. The lowest BCUT2D eigenvalue weighted by Crippen LogP contribution is -2.14. The third-order valence-corrected chi connectivity index (χ3v) is 3.42. The van der Waals surface area contributed by atoms with E-state index in [0.717, 1.165) is 22.7 Å². The van der Waals surface area contributed by atoms with Gasteiger partial charge in [0, 0.05) is 12.1 Å². The maximum Gasteiger partial charge on any atom is 0.132 e. The molecule has 116 valence electrons. The molecule has 4 heteroatoms. The molecule has 0 aliphatic heterocycles. The SMILES string of the molecule is COc1ccc(N[C@@H](CC(C)=O)c2cccc(OC)c2)cc1. The first-order valence-electron chi connectivity index (χ1n) is 7.16. The van der Waals surface area contributed by atoms with Gasteiger partial charge < -0.3 is 14.8 Å². The summed E-state index contributed by atoms with van der Waals surface area (Å²) in [6.45, 7) is 1.60. The Balaban J connectivity index is 2.22. The Bertz CT molecular complexity index is 622. The fraction of sp³-hybridized carbons (Fsp3) is 0.278. The van der Waals surface area contributed by atoms with Crippen LogP contribution < -0.4 is 14.8 Å². The Hall–Kier alpha value is -2.49. The number of ether oxygens (including phenoxy) is 2. The van der Waals surface area contributed by atoms with E-state index in [4.69, 9.17) is 9.47 Å². The third kappa shape index (κ3) is 4.25.